The molecule has 22 heavy (non-hydrogen) atoms. The summed E-state index contributed by atoms with van der Waals surface area (Å²) in [6, 6.07) is 7.70. The van der Waals surface area contributed by atoms with Crippen molar-refractivity contribution in [3.8, 4) is 11.3 Å². The van der Waals surface area contributed by atoms with Crippen LogP contribution >= 0.6 is 0 Å². The Labute approximate surface area is 127 Å². The quantitative estimate of drug-likeness (QED) is 0.734. The predicted octanol–water partition coefficient (Wildman–Crippen LogP) is 2.88. The number of nitrogens with zero attached hydrogens (tertiary/aromatic N) is 2. The van der Waals surface area contributed by atoms with Gasteiger partial charge in [-0.1, -0.05) is 6.07 Å². The first-order chi connectivity index (χ1) is 10.7. The van der Waals surface area contributed by atoms with Gasteiger partial charge < -0.3 is 14.5 Å². The van der Waals surface area contributed by atoms with E-state index < -0.39 is 0 Å². The number of hydrogen-bond acceptors (Lipinski definition) is 5. The number of hydrogen-bond donors (Lipinski definition) is 1. The summed E-state index contributed by atoms with van der Waals surface area (Å²) in [5.41, 5.74) is 3.43. The monoisotopic (exact) mass is 299 g/mol. The molecule has 114 valence electrons. The Morgan fingerprint density at radius 3 is 3.00 bits per heavy atom. The maximum absolute atomic E-state index is 11.6. The van der Waals surface area contributed by atoms with Crippen LogP contribution in [0.3, 0.4) is 0 Å². The van der Waals surface area contributed by atoms with Crippen molar-refractivity contribution in [2.45, 2.75) is 13.8 Å². The van der Waals surface area contributed by atoms with Crippen LogP contribution in [0.25, 0.3) is 16.9 Å². The van der Waals surface area contributed by atoms with E-state index in [4.69, 9.17) is 9.15 Å². The van der Waals surface area contributed by atoms with E-state index >= 15 is 0 Å². The van der Waals surface area contributed by atoms with Gasteiger partial charge in [-0.15, -0.1) is 0 Å². The molecular formula is C16H17N3O3. The van der Waals surface area contributed by atoms with Crippen LogP contribution in [-0.4, -0.2) is 28.5 Å². The third-order valence-corrected chi connectivity index (χ3v) is 3.34. The highest BCUT2D eigenvalue weighted by Gasteiger charge is 2.17. The number of aromatic nitrogens is 2. The minimum Gasteiger partial charge on any atom is -0.472 e. The number of anilines is 1. The Morgan fingerprint density at radius 1 is 1.41 bits per heavy atom. The summed E-state index contributed by atoms with van der Waals surface area (Å²) in [5, 5.41) is 3.13. The summed E-state index contributed by atoms with van der Waals surface area (Å²) in [7, 11) is 0. The Morgan fingerprint density at radius 2 is 2.27 bits per heavy atom. The van der Waals surface area contributed by atoms with Crippen LogP contribution in [-0.2, 0) is 9.53 Å². The summed E-state index contributed by atoms with van der Waals surface area (Å²) < 4.78 is 12.1. The molecule has 0 aliphatic heterocycles. The van der Waals surface area contributed by atoms with Gasteiger partial charge in [0, 0.05) is 11.3 Å². The lowest BCUT2D eigenvalue weighted by atomic mass is 10.2. The third-order valence-electron chi connectivity index (χ3n) is 3.34. The minimum absolute atomic E-state index is 0.0841. The fraction of sp³-hybridized carbons (Fsp3) is 0.250. The van der Waals surface area contributed by atoms with Crippen molar-refractivity contribution in [2.24, 2.45) is 0 Å². The molecule has 0 fully saturated rings. The van der Waals surface area contributed by atoms with Crippen molar-refractivity contribution in [3.63, 3.8) is 0 Å². The Hall–Kier alpha value is -2.76. The smallest absolute Gasteiger partial charge is 0.325 e. The zero-order valence-corrected chi connectivity index (χ0v) is 12.5. The average Bonchev–Trinajstić information content (AvgIpc) is 3.13. The van der Waals surface area contributed by atoms with Gasteiger partial charge in [-0.05, 0) is 32.0 Å². The number of aryl methyl sites for hydroxylation is 1. The standard InChI is InChI=1S/C16H17N3O3/c1-3-22-14(20)9-17-16-15(12-7-8-21-10-12)18-13-6-4-5-11(2)19(13)16/h4-8,10,17H,3,9H2,1-2H3. The molecule has 0 radical (unpaired) electrons. The molecule has 0 bridgehead atoms. The molecule has 0 aliphatic carbocycles. The van der Waals surface area contributed by atoms with Crippen LogP contribution in [0.4, 0.5) is 5.82 Å². The Kier molecular flexibility index (Phi) is 3.82. The molecule has 3 rings (SSSR count). The summed E-state index contributed by atoms with van der Waals surface area (Å²) in [5.74, 6) is 0.451. The van der Waals surface area contributed by atoms with Crippen molar-refractivity contribution in [2.75, 3.05) is 18.5 Å². The predicted molar refractivity (Wildman–Crippen MR) is 82.8 cm³/mol. The lowest BCUT2D eigenvalue weighted by molar-refractivity contribution is -0.140. The molecule has 0 amide bonds. The molecule has 0 saturated carbocycles. The van der Waals surface area contributed by atoms with Crippen LogP contribution < -0.4 is 5.32 Å². The number of ether oxygens (including phenoxy) is 1. The number of imidazole rings is 1. The Bertz CT molecular complexity index is 790. The van der Waals surface area contributed by atoms with Gasteiger partial charge in [-0.2, -0.15) is 0 Å². The van der Waals surface area contributed by atoms with Crippen LogP contribution in [0.2, 0.25) is 0 Å². The molecule has 0 aliphatic rings. The zero-order valence-electron chi connectivity index (χ0n) is 12.5. The molecule has 3 aromatic rings. The molecule has 0 unspecified atom stereocenters. The average molecular weight is 299 g/mol. The number of carbonyl (C=O) groups excluding carboxylic acids is 1. The summed E-state index contributed by atoms with van der Waals surface area (Å²) >= 11 is 0. The molecule has 6 nitrogen and oxygen atoms in total. The van der Waals surface area contributed by atoms with Gasteiger partial charge in [0.2, 0.25) is 0 Å². The van der Waals surface area contributed by atoms with Gasteiger partial charge >= 0.3 is 5.97 Å². The fourth-order valence-electron chi connectivity index (χ4n) is 2.39. The minimum atomic E-state index is -0.302. The highest BCUT2D eigenvalue weighted by Crippen LogP contribution is 2.29. The number of rotatable bonds is 5. The van der Waals surface area contributed by atoms with Crippen molar-refractivity contribution >= 4 is 17.4 Å². The van der Waals surface area contributed by atoms with Gasteiger partial charge in [-0.3, -0.25) is 9.20 Å². The lowest BCUT2D eigenvalue weighted by Gasteiger charge is -2.09. The normalized spacial score (nSPS) is 10.8. The van der Waals surface area contributed by atoms with Crippen molar-refractivity contribution in [3.05, 3.63) is 42.5 Å². The number of carbonyl (C=O) groups is 1. The molecule has 0 spiro atoms. The number of furan rings is 1. The van der Waals surface area contributed by atoms with Crippen LogP contribution in [0.5, 0.6) is 0 Å². The summed E-state index contributed by atoms with van der Waals surface area (Å²) in [4.78, 5) is 16.3. The van der Waals surface area contributed by atoms with Crippen LogP contribution in [0.1, 0.15) is 12.6 Å². The van der Waals surface area contributed by atoms with Gasteiger partial charge in [0.15, 0.2) is 0 Å². The van der Waals surface area contributed by atoms with E-state index in [1.165, 1.54) is 0 Å². The van der Waals surface area contributed by atoms with E-state index in [0.717, 1.165) is 28.4 Å². The number of fused-ring (bicyclic) bond motifs is 1. The largest absolute Gasteiger partial charge is 0.472 e. The number of pyridine rings is 1. The van der Waals surface area contributed by atoms with Gasteiger partial charge in [0.1, 0.15) is 23.7 Å². The number of nitrogens with one attached hydrogen (secondary N) is 1. The topological polar surface area (TPSA) is 68.8 Å². The molecule has 3 aromatic heterocycles. The first-order valence-corrected chi connectivity index (χ1v) is 7.11. The second-order valence-electron chi connectivity index (χ2n) is 4.84. The third kappa shape index (κ3) is 2.55. The van der Waals surface area contributed by atoms with Crippen LogP contribution in [0, 0.1) is 6.92 Å². The summed E-state index contributed by atoms with van der Waals surface area (Å²) in [6.45, 7) is 4.22. The van der Waals surface area contributed by atoms with Gasteiger partial charge in [-0.25, -0.2) is 4.98 Å². The summed E-state index contributed by atoms with van der Waals surface area (Å²) in [6.07, 6.45) is 3.23. The van der Waals surface area contributed by atoms with Gasteiger partial charge in [0.25, 0.3) is 0 Å². The highest BCUT2D eigenvalue weighted by molar-refractivity contribution is 5.80. The fourth-order valence-corrected chi connectivity index (χ4v) is 2.39. The van der Waals surface area contributed by atoms with E-state index in [0.29, 0.717) is 6.61 Å². The second kappa shape index (κ2) is 5.93. The van der Waals surface area contributed by atoms with E-state index in [9.17, 15) is 4.79 Å². The van der Waals surface area contributed by atoms with E-state index in [1.54, 1.807) is 19.5 Å². The first kappa shape index (κ1) is 14.2. The maximum Gasteiger partial charge on any atom is 0.325 e. The van der Waals surface area contributed by atoms with Crippen molar-refractivity contribution < 1.29 is 13.9 Å². The number of esters is 1. The highest BCUT2D eigenvalue weighted by atomic mass is 16.5. The van der Waals surface area contributed by atoms with E-state index in [2.05, 4.69) is 10.3 Å². The van der Waals surface area contributed by atoms with Crippen LogP contribution in [0.15, 0.2) is 41.2 Å². The maximum atomic E-state index is 11.6. The SMILES string of the molecule is CCOC(=O)CNc1c(-c2ccoc2)nc2cccc(C)n12. The zero-order chi connectivity index (χ0) is 15.5. The van der Waals surface area contributed by atoms with Crippen molar-refractivity contribution in [1.29, 1.82) is 0 Å². The molecule has 0 aromatic carbocycles. The first-order valence-electron chi connectivity index (χ1n) is 7.11. The van der Waals surface area contributed by atoms with E-state index in [-0.39, 0.29) is 12.5 Å². The molecule has 3 heterocycles. The Balaban J connectivity index is 2.04. The molecule has 0 atom stereocenters. The van der Waals surface area contributed by atoms with E-state index in [1.807, 2.05) is 35.6 Å². The van der Waals surface area contributed by atoms with Crippen molar-refractivity contribution in [1.82, 2.24) is 9.38 Å². The second-order valence-corrected chi connectivity index (χ2v) is 4.84. The molecular weight excluding hydrogens is 282 g/mol. The molecule has 6 heteroatoms. The molecule has 0 saturated heterocycles. The lowest BCUT2D eigenvalue weighted by Crippen LogP contribution is -2.18. The van der Waals surface area contributed by atoms with Gasteiger partial charge in [0.05, 0.1) is 19.1 Å². The molecule has 1 N–H and O–H groups in total.